The standard InChI is InChI=1S/C17H22N2O/c1-3-16(13-8-6-5-7-9-13)19-14-10-11-15(18)17(12-14)20-4-2/h5-12,16,19H,3-4,18H2,1-2H3. The maximum absolute atomic E-state index is 5.90. The van der Waals surface area contributed by atoms with Gasteiger partial charge in [-0.05, 0) is 31.0 Å². The monoisotopic (exact) mass is 270 g/mol. The second-order valence-electron chi connectivity index (χ2n) is 4.70. The molecule has 0 aliphatic heterocycles. The molecule has 0 bridgehead atoms. The van der Waals surface area contributed by atoms with Gasteiger partial charge in [0.25, 0.3) is 0 Å². The first-order valence-corrected chi connectivity index (χ1v) is 7.08. The number of nitrogens with two attached hydrogens (primary N) is 1. The van der Waals surface area contributed by atoms with Gasteiger partial charge >= 0.3 is 0 Å². The van der Waals surface area contributed by atoms with Crippen molar-refractivity contribution in [2.24, 2.45) is 0 Å². The van der Waals surface area contributed by atoms with Gasteiger partial charge in [0.05, 0.1) is 18.3 Å². The first-order chi connectivity index (χ1) is 9.74. The van der Waals surface area contributed by atoms with Crippen molar-refractivity contribution in [3.05, 3.63) is 54.1 Å². The molecule has 0 amide bonds. The molecule has 20 heavy (non-hydrogen) atoms. The fourth-order valence-electron chi connectivity index (χ4n) is 2.21. The Labute approximate surface area is 120 Å². The number of nitrogens with one attached hydrogen (secondary N) is 1. The van der Waals surface area contributed by atoms with E-state index in [9.17, 15) is 0 Å². The number of anilines is 2. The van der Waals surface area contributed by atoms with Gasteiger partial charge in [-0.25, -0.2) is 0 Å². The Morgan fingerprint density at radius 1 is 1.10 bits per heavy atom. The van der Waals surface area contributed by atoms with E-state index in [0.29, 0.717) is 12.3 Å². The Hall–Kier alpha value is -2.16. The van der Waals surface area contributed by atoms with Gasteiger partial charge in [0.1, 0.15) is 5.75 Å². The zero-order valence-corrected chi connectivity index (χ0v) is 12.1. The van der Waals surface area contributed by atoms with Crippen LogP contribution in [0.2, 0.25) is 0 Å². The Kier molecular flexibility index (Phi) is 4.88. The fraction of sp³-hybridized carbons (Fsp3) is 0.294. The summed E-state index contributed by atoms with van der Waals surface area (Å²) in [5, 5.41) is 3.54. The molecule has 3 N–H and O–H groups in total. The highest BCUT2D eigenvalue weighted by molar-refractivity contribution is 5.61. The third-order valence-corrected chi connectivity index (χ3v) is 3.26. The van der Waals surface area contributed by atoms with Crippen molar-refractivity contribution in [3.63, 3.8) is 0 Å². The lowest BCUT2D eigenvalue weighted by molar-refractivity contribution is 0.342. The van der Waals surface area contributed by atoms with Crippen molar-refractivity contribution in [2.75, 3.05) is 17.7 Å². The number of nitrogen functional groups attached to an aromatic ring is 1. The summed E-state index contributed by atoms with van der Waals surface area (Å²) < 4.78 is 5.53. The van der Waals surface area contributed by atoms with E-state index in [-0.39, 0.29) is 6.04 Å². The summed E-state index contributed by atoms with van der Waals surface area (Å²) in [7, 11) is 0. The van der Waals surface area contributed by atoms with Crippen LogP contribution in [0.1, 0.15) is 31.9 Å². The van der Waals surface area contributed by atoms with Crippen LogP contribution in [0.3, 0.4) is 0 Å². The summed E-state index contributed by atoms with van der Waals surface area (Å²) in [6.45, 7) is 4.74. The van der Waals surface area contributed by atoms with E-state index < -0.39 is 0 Å². The zero-order chi connectivity index (χ0) is 14.4. The number of hydrogen-bond donors (Lipinski definition) is 2. The van der Waals surface area contributed by atoms with Crippen molar-refractivity contribution in [1.29, 1.82) is 0 Å². The molecule has 1 atom stereocenters. The number of rotatable bonds is 6. The van der Waals surface area contributed by atoms with Gasteiger partial charge < -0.3 is 15.8 Å². The minimum absolute atomic E-state index is 0.286. The zero-order valence-electron chi connectivity index (χ0n) is 12.1. The fourth-order valence-corrected chi connectivity index (χ4v) is 2.21. The first kappa shape index (κ1) is 14.3. The van der Waals surface area contributed by atoms with Crippen LogP contribution in [0.5, 0.6) is 5.75 Å². The Morgan fingerprint density at radius 2 is 1.85 bits per heavy atom. The van der Waals surface area contributed by atoms with Crippen LogP contribution in [0.15, 0.2) is 48.5 Å². The lowest BCUT2D eigenvalue weighted by Crippen LogP contribution is -2.10. The molecule has 0 heterocycles. The molecule has 0 aliphatic rings. The quantitative estimate of drug-likeness (QED) is 0.772. The lowest BCUT2D eigenvalue weighted by Gasteiger charge is -2.19. The smallest absolute Gasteiger partial charge is 0.144 e. The third-order valence-electron chi connectivity index (χ3n) is 3.26. The van der Waals surface area contributed by atoms with Crippen LogP contribution >= 0.6 is 0 Å². The van der Waals surface area contributed by atoms with Crippen LogP contribution in [-0.2, 0) is 0 Å². The van der Waals surface area contributed by atoms with Crippen LogP contribution in [0.4, 0.5) is 11.4 Å². The largest absolute Gasteiger partial charge is 0.492 e. The minimum Gasteiger partial charge on any atom is -0.492 e. The van der Waals surface area contributed by atoms with E-state index in [0.717, 1.165) is 17.9 Å². The molecule has 0 aromatic heterocycles. The van der Waals surface area contributed by atoms with E-state index in [2.05, 4.69) is 36.5 Å². The Balaban J connectivity index is 2.17. The molecule has 1 unspecified atom stereocenters. The maximum atomic E-state index is 5.90. The van der Waals surface area contributed by atoms with E-state index in [1.54, 1.807) is 0 Å². The van der Waals surface area contributed by atoms with E-state index >= 15 is 0 Å². The van der Waals surface area contributed by atoms with E-state index in [4.69, 9.17) is 10.5 Å². The second-order valence-corrected chi connectivity index (χ2v) is 4.70. The van der Waals surface area contributed by atoms with Crippen LogP contribution in [0, 0.1) is 0 Å². The summed E-state index contributed by atoms with van der Waals surface area (Å²) in [6.07, 6.45) is 1.01. The molecule has 3 heteroatoms. The predicted molar refractivity (Wildman–Crippen MR) is 85.1 cm³/mol. The SMILES string of the molecule is CCOc1cc(NC(CC)c2ccccc2)ccc1N. The highest BCUT2D eigenvalue weighted by Crippen LogP contribution is 2.29. The summed E-state index contributed by atoms with van der Waals surface area (Å²) in [4.78, 5) is 0. The number of ether oxygens (including phenoxy) is 1. The Bertz CT molecular complexity index is 540. The van der Waals surface area contributed by atoms with Gasteiger partial charge in [0, 0.05) is 11.8 Å². The molecular weight excluding hydrogens is 248 g/mol. The summed E-state index contributed by atoms with van der Waals surface area (Å²) in [6, 6.07) is 16.6. The van der Waals surface area contributed by atoms with Crippen molar-refractivity contribution in [2.45, 2.75) is 26.3 Å². The average molecular weight is 270 g/mol. The number of hydrogen-bond acceptors (Lipinski definition) is 3. The third kappa shape index (κ3) is 3.44. The molecule has 0 spiro atoms. The van der Waals surface area contributed by atoms with Crippen LogP contribution in [-0.4, -0.2) is 6.61 Å². The first-order valence-electron chi connectivity index (χ1n) is 7.08. The molecule has 0 fully saturated rings. The molecule has 2 aromatic rings. The summed E-state index contributed by atoms with van der Waals surface area (Å²) in [5.41, 5.74) is 8.88. The van der Waals surface area contributed by atoms with Crippen molar-refractivity contribution < 1.29 is 4.74 Å². The number of benzene rings is 2. The molecule has 2 aromatic carbocycles. The summed E-state index contributed by atoms with van der Waals surface area (Å²) in [5.74, 6) is 0.736. The Morgan fingerprint density at radius 3 is 2.50 bits per heavy atom. The van der Waals surface area contributed by atoms with Crippen molar-refractivity contribution in [3.8, 4) is 5.75 Å². The van der Waals surface area contributed by atoms with E-state index in [1.807, 2.05) is 31.2 Å². The molecule has 0 radical (unpaired) electrons. The lowest BCUT2D eigenvalue weighted by atomic mass is 10.0. The molecule has 0 saturated carbocycles. The molecule has 3 nitrogen and oxygen atoms in total. The van der Waals surface area contributed by atoms with Crippen molar-refractivity contribution >= 4 is 11.4 Å². The van der Waals surface area contributed by atoms with Gasteiger partial charge in [0.15, 0.2) is 0 Å². The molecule has 0 aliphatic carbocycles. The molecule has 0 saturated heterocycles. The average Bonchev–Trinajstić information content (AvgIpc) is 2.49. The van der Waals surface area contributed by atoms with Crippen LogP contribution in [0.25, 0.3) is 0 Å². The minimum atomic E-state index is 0.286. The van der Waals surface area contributed by atoms with Crippen molar-refractivity contribution in [1.82, 2.24) is 0 Å². The van der Waals surface area contributed by atoms with Gasteiger partial charge in [-0.2, -0.15) is 0 Å². The molecule has 2 rings (SSSR count). The topological polar surface area (TPSA) is 47.3 Å². The maximum Gasteiger partial charge on any atom is 0.144 e. The van der Waals surface area contributed by atoms with Crippen LogP contribution < -0.4 is 15.8 Å². The predicted octanol–water partition coefficient (Wildman–Crippen LogP) is 4.23. The summed E-state index contributed by atoms with van der Waals surface area (Å²) >= 11 is 0. The second kappa shape index (κ2) is 6.85. The highest BCUT2D eigenvalue weighted by atomic mass is 16.5. The molecule has 106 valence electrons. The molecular formula is C17H22N2O. The van der Waals surface area contributed by atoms with Gasteiger partial charge in [0.2, 0.25) is 0 Å². The van der Waals surface area contributed by atoms with E-state index in [1.165, 1.54) is 5.56 Å². The van der Waals surface area contributed by atoms with Gasteiger partial charge in [-0.1, -0.05) is 37.3 Å². The van der Waals surface area contributed by atoms with Gasteiger partial charge in [-0.15, -0.1) is 0 Å². The normalized spacial score (nSPS) is 11.9. The highest BCUT2D eigenvalue weighted by Gasteiger charge is 2.09. The van der Waals surface area contributed by atoms with Gasteiger partial charge in [-0.3, -0.25) is 0 Å².